The normalized spacial score (nSPS) is 12.9. The van der Waals surface area contributed by atoms with Crippen LogP contribution in [-0.2, 0) is 23.8 Å². The Hall–Kier alpha value is -2.92. The van der Waals surface area contributed by atoms with Crippen molar-refractivity contribution in [2.45, 2.75) is 232 Å². The number of hydrogen-bond donors (Lipinski definition) is 0. The third-order valence-electron chi connectivity index (χ3n) is 10.4. The van der Waals surface area contributed by atoms with E-state index in [0.29, 0.717) is 19.4 Å². The van der Waals surface area contributed by atoms with Crippen molar-refractivity contribution in [1.29, 1.82) is 0 Å². The van der Waals surface area contributed by atoms with Crippen LogP contribution in [0.5, 0.6) is 0 Å². The standard InChI is InChI=1S/C55H94O5/c1-4-7-10-13-16-19-21-23-25-27-29-31-33-35-38-41-44-47-50-58-51-53(60-55(57)49-46-43-40-36-18-15-12-9-6-3)52-59-54(56)48-45-42-39-37-34-32-30-28-26-24-22-20-17-14-11-8-5-2/h8,11,16-17,19-20,23-26,30,32,37,39,53H,4-7,9-10,12-15,18,21-22,27-29,31,33-36,38,40-52H2,1-3H3/b11-8-,19-16-,20-17-,25-23-,26-24-,32-30-,39-37-. The van der Waals surface area contributed by atoms with Gasteiger partial charge in [-0.05, 0) is 89.9 Å². The molecule has 0 aliphatic heterocycles. The minimum absolute atomic E-state index is 0.0516. The van der Waals surface area contributed by atoms with Crippen LogP contribution in [-0.4, -0.2) is 37.9 Å². The van der Waals surface area contributed by atoms with Crippen LogP contribution in [0.2, 0.25) is 0 Å². The van der Waals surface area contributed by atoms with Gasteiger partial charge in [0.1, 0.15) is 6.61 Å². The van der Waals surface area contributed by atoms with Gasteiger partial charge in [0.05, 0.1) is 6.61 Å². The average Bonchev–Trinajstić information content (AvgIpc) is 3.25. The Morgan fingerprint density at radius 2 is 0.767 bits per heavy atom. The Balaban J connectivity index is 4.29. The largest absolute Gasteiger partial charge is 0.462 e. The molecule has 0 bridgehead atoms. The monoisotopic (exact) mass is 835 g/mol. The van der Waals surface area contributed by atoms with E-state index in [4.69, 9.17) is 14.2 Å². The molecule has 0 heterocycles. The molecule has 0 spiro atoms. The van der Waals surface area contributed by atoms with E-state index in [0.717, 1.165) is 77.0 Å². The van der Waals surface area contributed by atoms with Gasteiger partial charge in [-0.2, -0.15) is 0 Å². The van der Waals surface area contributed by atoms with E-state index >= 15 is 0 Å². The lowest BCUT2D eigenvalue weighted by molar-refractivity contribution is -0.163. The molecule has 0 aliphatic carbocycles. The van der Waals surface area contributed by atoms with E-state index in [2.05, 4.69) is 106 Å². The molecule has 0 amide bonds. The van der Waals surface area contributed by atoms with Gasteiger partial charge in [0, 0.05) is 19.4 Å². The second-order valence-electron chi connectivity index (χ2n) is 16.3. The Labute approximate surface area is 371 Å². The highest BCUT2D eigenvalue weighted by Crippen LogP contribution is 2.13. The number of carbonyl (C=O) groups is 2. The fourth-order valence-electron chi connectivity index (χ4n) is 6.69. The second kappa shape index (κ2) is 50.4. The molecule has 0 aliphatic rings. The summed E-state index contributed by atoms with van der Waals surface area (Å²) in [5.41, 5.74) is 0. The zero-order chi connectivity index (χ0) is 43.5. The molecular formula is C55H94O5. The number of allylic oxidation sites excluding steroid dienone is 14. The number of unbranched alkanes of at least 4 members (excludes halogenated alkanes) is 20. The molecule has 0 fully saturated rings. The molecule has 1 atom stereocenters. The lowest BCUT2D eigenvalue weighted by atomic mass is 10.1. The first-order valence-corrected chi connectivity index (χ1v) is 25.1. The topological polar surface area (TPSA) is 61.8 Å². The maximum atomic E-state index is 12.7. The van der Waals surface area contributed by atoms with Crippen molar-refractivity contribution in [3.63, 3.8) is 0 Å². The summed E-state index contributed by atoms with van der Waals surface area (Å²) in [6, 6.07) is 0. The molecule has 0 saturated carbocycles. The Morgan fingerprint density at radius 3 is 1.28 bits per heavy atom. The SMILES string of the molecule is CC/C=C\C/C=C\C/C=C\C/C=C\C/C=C\CCCC(=O)OCC(COCCCCCCCCCC/C=C\C/C=C\CCCCC)OC(=O)CCCCCCCCCCC. The summed E-state index contributed by atoms with van der Waals surface area (Å²) in [5.74, 6) is -0.470. The summed E-state index contributed by atoms with van der Waals surface area (Å²) in [5, 5.41) is 0. The summed E-state index contributed by atoms with van der Waals surface area (Å²) in [4.78, 5) is 25.3. The number of esters is 2. The Bertz CT molecular complexity index is 1130. The van der Waals surface area contributed by atoms with Crippen molar-refractivity contribution in [1.82, 2.24) is 0 Å². The first-order chi connectivity index (χ1) is 29.6. The molecule has 1 unspecified atom stereocenters. The predicted octanol–water partition coefficient (Wildman–Crippen LogP) is 16.9. The van der Waals surface area contributed by atoms with Gasteiger partial charge in [-0.3, -0.25) is 9.59 Å². The number of ether oxygens (including phenoxy) is 3. The van der Waals surface area contributed by atoms with Gasteiger partial charge in [0.25, 0.3) is 0 Å². The van der Waals surface area contributed by atoms with Crippen LogP contribution in [0.3, 0.4) is 0 Å². The molecule has 0 radical (unpaired) electrons. The van der Waals surface area contributed by atoms with Crippen LogP contribution in [0, 0.1) is 0 Å². The quantitative estimate of drug-likeness (QED) is 0.0347. The smallest absolute Gasteiger partial charge is 0.306 e. The van der Waals surface area contributed by atoms with Crippen LogP contribution in [0.15, 0.2) is 85.1 Å². The van der Waals surface area contributed by atoms with Crippen molar-refractivity contribution >= 4 is 11.9 Å². The van der Waals surface area contributed by atoms with Crippen LogP contribution < -0.4 is 0 Å². The van der Waals surface area contributed by atoms with Gasteiger partial charge in [0.15, 0.2) is 6.10 Å². The molecule has 0 saturated heterocycles. The van der Waals surface area contributed by atoms with Gasteiger partial charge in [0.2, 0.25) is 0 Å². The lowest BCUT2D eigenvalue weighted by Crippen LogP contribution is -2.30. The van der Waals surface area contributed by atoms with Crippen molar-refractivity contribution in [3.05, 3.63) is 85.1 Å². The molecule has 0 aromatic carbocycles. The summed E-state index contributed by atoms with van der Waals surface area (Å²) < 4.78 is 17.3. The fourth-order valence-corrected chi connectivity index (χ4v) is 6.69. The summed E-state index contributed by atoms with van der Waals surface area (Å²) in [7, 11) is 0. The van der Waals surface area contributed by atoms with E-state index < -0.39 is 6.10 Å². The molecule has 344 valence electrons. The van der Waals surface area contributed by atoms with Crippen molar-refractivity contribution < 1.29 is 23.8 Å². The first-order valence-electron chi connectivity index (χ1n) is 25.1. The van der Waals surface area contributed by atoms with Crippen molar-refractivity contribution in [2.24, 2.45) is 0 Å². The van der Waals surface area contributed by atoms with Crippen LogP contribution in [0.1, 0.15) is 226 Å². The van der Waals surface area contributed by atoms with Gasteiger partial charge in [-0.15, -0.1) is 0 Å². The van der Waals surface area contributed by atoms with E-state index in [-0.39, 0.29) is 25.2 Å². The van der Waals surface area contributed by atoms with Gasteiger partial charge < -0.3 is 14.2 Å². The molecular weight excluding hydrogens is 741 g/mol. The van der Waals surface area contributed by atoms with E-state index in [1.165, 1.54) is 116 Å². The average molecular weight is 835 g/mol. The predicted molar refractivity (Wildman–Crippen MR) is 260 cm³/mol. The van der Waals surface area contributed by atoms with Crippen LogP contribution in [0.4, 0.5) is 0 Å². The highest BCUT2D eigenvalue weighted by atomic mass is 16.6. The van der Waals surface area contributed by atoms with Gasteiger partial charge in [-0.1, -0.05) is 209 Å². The maximum Gasteiger partial charge on any atom is 0.306 e. The third-order valence-corrected chi connectivity index (χ3v) is 10.4. The van der Waals surface area contributed by atoms with Crippen molar-refractivity contribution in [3.8, 4) is 0 Å². The first kappa shape index (κ1) is 57.1. The fraction of sp³-hybridized carbons (Fsp3) is 0.709. The van der Waals surface area contributed by atoms with Gasteiger partial charge >= 0.3 is 11.9 Å². The molecule has 0 aromatic rings. The summed E-state index contributed by atoms with van der Waals surface area (Å²) in [6.45, 7) is 7.60. The van der Waals surface area contributed by atoms with E-state index in [1.807, 2.05) is 0 Å². The van der Waals surface area contributed by atoms with Crippen LogP contribution in [0.25, 0.3) is 0 Å². The Kier molecular flexibility index (Phi) is 48.0. The van der Waals surface area contributed by atoms with Gasteiger partial charge in [-0.25, -0.2) is 0 Å². The molecule has 5 nitrogen and oxygen atoms in total. The Morgan fingerprint density at radius 1 is 0.383 bits per heavy atom. The number of hydrogen-bond acceptors (Lipinski definition) is 5. The van der Waals surface area contributed by atoms with E-state index in [9.17, 15) is 9.59 Å². The summed E-state index contributed by atoms with van der Waals surface area (Å²) >= 11 is 0. The molecule has 0 N–H and O–H groups in total. The molecule has 60 heavy (non-hydrogen) atoms. The minimum Gasteiger partial charge on any atom is -0.462 e. The number of carbonyl (C=O) groups excluding carboxylic acids is 2. The molecule has 0 rings (SSSR count). The third kappa shape index (κ3) is 47.8. The van der Waals surface area contributed by atoms with Crippen molar-refractivity contribution in [2.75, 3.05) is 19.8 Å². The molecule has 0 aromatic heterocycles. The zero-order valence-corrected chi connectivity index (χ0v) is 39.5. The molecule has 5 heteroatoms. The highest BCUT2D eigenvalue weighted by Gasteiger charge is 2.17. The zero-order valence-electron chi connectivity index (χ0n) is 39.5. The number of rotatable bonds is 45. The lowest BCUT2D eigenvalue weighted by Gasteiger charge is -2.18. The minimum atomic E-state index is -0.562. The maximum absolute atomic E-state index is 12.7. The highest BCUT2D eigenvalue weighted by molar-refractivity contribution is 5.70. The summed E-state index contributed by atoms with van der Waals surface area (Å²) in [6.07, 6.45) is 66.0. The van der Waals surface area contributed by atoms with Crippen LogP contribution >= 0.6 is 0 Å². The van der Waals surface area contributed by atoms with E-state index in [1.54, 1.807) is 0 Å². The second-order valence-corrected chi connectivity index (χ2v) is 16.3.